The average Bonchev–Trinajstić information content (AvgIpc) is 2.07. The normalized spacial score (nSPS) is 11.0. The molecule has 0 aliphatic carbocycles. The first-order chi connectivity index (χ1) is 6.45. The highest BCUT2D eigenvalue weighted by atomic mass is 32.2. The second-order valence-corrected chi connectivity index (χ2v) is 3.30. The highest BCUT2D eigenvalue weighted by Gasteiger charge is 2.33. The maximum atomic E-state index is 12.3. The standard InChI is InChI=1S/C8H5F3N2S/c9-8(10,11)6-3-5(14-4-12)1-2-7(6)13/h1-3H,13H2. The second kappa shape index (κ2) is 3.80. The number of hydrogen-bond acceptors (Lipinski definition) is 3. The number of nitrogen functional groups attached to an aromatic ring is 1. The van der Waals surface area contributed by atoms with Gasteiger partial charge in [0.2, 0.25) is 0 Å². The van der Waals surface area contributed by atoms with E-state index >= 15 is 0 Å². The molecule has 0 spiro atoms. The number of halogens is 3. The molecule has 0 aliphatic rings. The fourth-order valence-corrected chi connectivity index (χ4v) is 1.32. The van der Waals surface area contributed by atoms with E-state index in [0.717, 1.165) is 12.1 Å². The predicted molar refractivity (Wildman–Crippen MR) is 47.3 cm³/mol. The minimum atomic E-state index is -4.48. The molecule has 0 fully saturated rings. The summed E-state index contributed by atoms with van der Waals surface area (Å²) < 4.78 is 36.9. The number of anilines is 1. The molecule has 0 bridgehead atoms. The Morgan fingerprint density at radius 1 is 1.36 bits per heavy atom. The SMILES string of the molecule is N#CSc1ccc(N)c(C(F)(F)F)c1. The van der Waals surface area contributed by atoms with Crippen LogP contribution < -0.4 is 5.73 Å². The van der Waals surface area contributed by atoms with Crippen molar-refractivity contribution in [3.8, 4) is 5.40 Å². The maximum Gasteiger partial charge on any atom is 0.418 e. The third-order valence-electron chi connectivity index (χ3n) is 1.49. The van der Waals surface area contributed by atoms with E-state index in [2.05, 4.69) is 0 Å². The molecule has 0 saturated heterocycles. The lowest BCUT2D eigenvalue weighted by molar-refractivity contribution is -0.137. The molecule has 0 aliphatic heterocycles. The maximum absolute atomic E-state index is 12.3. The molecule has 2 nitrogen and oxygen atoms in total. The smallest absolute Gasteiger partial charge is 0.398 e. The lowest BCUT2D eigenvalue weighted by Crippen LogP contribution is -2.08. The van der Waals surface area contributed by atoms with E-state index in [1.165, 1.54) is 6.07 Å². The first-order valence-corrected chi connectivity index (χ1v) is 4.29. The van der Waals surface area contributed by atoms with Gasteiger partial charge >= 0.3 is 6.18 Å². The molecular weight excluding hydrogens is 213 g/mol. The predicted octanol–water partition coefficient (Wildman–Crippen LogP) is 2.86. The summed E-state index contributed by atoms with van der Waals surface area (Å²) in [6.07, 6.45) is -4.48. The second-order valence-electron chi connectivity index (χ2n) is 2.44. The molecule has 0 unspecified atom stereocenters. The number of nitrogens with two attached hydrogens (primary N) is 1. The van der Waals surface area contributed by atoms with Crippen molar-refractivity contribution in [2.45, 2.75) is 11.1 Å². The number of thiocyanates is 1. The number of benzene rings is 1. The molecule has 0 saturated carbocycles. The molecule has 6 heteroatoms. The molecule has 1 aromatic rings. The first kappa shape index (κ1) is 10.7. The Hall–Kier alpha value is -1.35. The molecular formula is C8H5F3N2S. The molecule has 0 amide bonds. The summed E-state index contributed by atoms with van der Waals surface area (Å²) in [7, 11) is 0. The van der Waals surface area contributed by atoms with E-state index in [9.17, 15) is 13.2 Å². The van der Waals surface area contributed by atoms with Crippen molar-refractivity contribution in [1.29, 1.82) is 5.26 Å². The average molecular weight is 218 g/mol. The topological polar surface area (TPSA) is 49.8 Å². The highest BCUT2D eigenvalue weighted by molar-refractivity contribution is 8.03. The zero-order valence-electron chi connectivity index (χ0n) is 6.80. The van der Waals surface area contributed by atoms with Gasteiger partial charge in [0.05, 0.1) is 5.56 Å². The van der Waals surface area contributed by atoms with E-state index in [1.807, 2.05) is 0 Å². The Morgan fingerprint density at radius 2 is 2.00 bits per heavy atom. The van der Waals surface area contributed by atoms with Gasteiger partial charge in [0, 0.05) is 10.6 Å². The summed E-state index contributed by atoms with van der Waals surface area (Å²) in [5.74, 6) is 0. The van der Waals surface area contributed by atoms with Crippen LogP contribution >= 0.6 is 11.8 Å². The molecule has 14 heavy (non-hydrogen) atoms. The molecule has 0 aromatic heterocycles. The van der Waals surface area contributed by atoms with Crippen molar-refractivity contribution >= 4 is 17.4 Å². The van der Waals surface area contributed by atoms with Gasteiger partial charge in [0.1, 0.15) is 5.40 Å². The van der Waals surface area contributed by atoms with Gasteiger partial charge in [-0.05, 0) is 30.0 Å². The third-order valence-corrected chi connectivity index (χ3v) is 2.07. The Bertz CT molecular complexity index is 381. The summed E-state index contributed by atoms with van der Waals surface area (Å²) >= 11 is 0.664. The van der Waals surface area contributed by atoms with Crippen LogP contribution in [0.1, 0.15) is 5.56 Å². The lowest BCUT2D eigenvalue weighted by Gasteiger charge is -2.10. The Labute approximate surface area is 82.5 Å². The van der Waals surface area contributed by atoms with Gasteiger partial charge in [-0.2, -0.15) is 18.4 Å². The Balaban J connectivity index is 3.17. The largest absolute Gasteiger partial charge is 0.418 e. The molecule has 2 N–H and O–H groups in total. The van der Waals surface area contributed by atoms with Crippen molar-refractivity contribution in [3.63, 3.8) is 0 Å². The van der Waals surface area contributed by atoms with Crippen LogP contribution in [-0.2, 0) is 6.18 Å². The van der Waals surface area contributed by atoms with E-state index < -0.39 is 11.7 Å². The van der Waals surface area contributed by atoms with E-state index in [1.54, 1.807) is 5.40 Å². The number of rotatable bonds is 1. The van der Waals surface area contributed by atoms with E-state index in [-0.39, 0.29) is 10.6 Å². The summed E-state index contributed by atoms with van der Waals surface area (Å²) in [6, 6.07) is 3.38. The van der Waals surface area contributed by atoms with Gasteiger partial charge in [0.15, 0.2) is 0 Å². The van der Waals surface area contributed by atoms with Gasteiger partial charge in [-0.1, -0.05) is 0 Å². The van der Waals surface area contributed by atoms with Gasteiger partial charge in [-0.3, -0.25) is 0 Å². The fourth-order valence-electron chi connectivity index (χ4n) is 0.897. The van der Waals surface area contributed by atoms with Crippen LogP contribution in [0.5, 0.6) is 0 Å². The molecule has 0 heterocycles. The Kier molecular flexibility index (Phi) is 2.91. The molecule has 0 radical (unpaired) electrons. The molecule has 1 rings (SSSR count). The van der Waals surface area contributed by atoms with Crippen LogP contribution in [0.25, 0.3) is 0 Å². The summed E-state index contributed by atoms with van der Waals surface area (Å²) in [5, 5.41) is 9.97. The van der Waals surface area contributed by atoms with Crippen molar-refractivity contribution in [1.82, 2.24) is 0 Å². The fraction of sp³-hybridized carbons (Fsp3) is 0.125. The van der Waals surface area contributed by atoms with Crippen LogP contribution in [0.3, 0.4) is 0 Å². The first-order valence-electron chi connectivity index (χ1n) is 3.48. The summed E-state index contributed by atoms with van der Waals surface area (Å²) in [4.78, 5) is 0.231. The monoisotopic (exact) mass is 218 g/mol. The van der Waals surface area contributed by atoms with Gasteiger partial charge in [-0.25, -0.2) is 0 Å². The number of thioether (sulfide) groups is 1. The quantitative estimate of drug-likeness (QED) is 0.448. The molecule has 0 atom stereocenters. The summed E-state index contributed by atoms with van der Waals surface area (Å²) in [6.45, 7) is 0. The van der Waals surface area contributed by atoms with Crippen molar-refractivity contribution < 1.29 is 13.2 Å². The number of nitrogens with zero attached hydrogens (tertiary/aromatic N) is 1. The van der Waals surface area contributed by atoms with Gasteiger partial charge in [0.25, 0.3) is 0 Å². The van der Waals surface area contributed by atoms with Crippen molar-refractivity contribution in [2.75, 3.05) is 5.73 Å². The molecule has 1 aromatic carbocycles. The Morgan fingerprint density at radius 3 is 2.50 bits per heavy atom. The number of alkyl halides is 3. The van der Waals surface area contributed by atoms with Crippen LogP contribution in [0.15, 0.2) is 23.1 Å². The zero-order valence-corrected chi connectivity index (χ0v) is 7.62. The van der Waals surface area contributed by atoms with E-state index in [4.69, 9.17) is 11.0 Å². The van der Waals surface area contributed by atoms with E-state index in [0.29, 0.717) is 11.8 Å². The lowest BCUT2D eigenvalue weighted by atomic mass is 10.2. The minimum absolute atomic E-state index is 0.231. The summed E-state index contributed by atoms with van der Waals surface area (Å²) in [5.41, 5.74) is 3.92. The van der Waals surface area contributed by atoms with Gasteiger partial charge < -0.3 is 5.73 Å². The third kappa shape index (κ3) is 2.33. The van der Waals surface area contributed by atoms with Gasteiger partial charge in [-0.15, -0.1) is 0 Å². The zero-order chi connectivity index (χ0) is 10.8. The highest BCUT2D eigenvalue weighted by Crippen LogP contribution is 2.35. The number of hydrogen-bond donors (Lipinski definition) is 1. The van der Waals surface area contributed by atoms with Crippen LogP contribution in [0, 0.1) is 10.7 Å². The number of nitriles is 1. The van der Waals surface area contributed by atoms with Crippen LogP contribution in [0.2, 0.25) is 0 Å². The molecule has 74 valence electrons. The van der Waals surface area contributed by atoms with Crippen molar-refractivity contribution in [2.24, 2.45) is 0 Å². The minimum Gasteiger partial charge on any atom is -0.398 e. The van der Waals surface area contributed by atoms with Crippen LogP contribution in [-0.4, -0.2) is 0 Å². The van der Waals surface area contributed by atoms with Crippen LogP contribution in [0.4, 0.5) is 18.9 Å². The van der Waals surface area contributed by atoms with Crippen molar-refractivity contribution in [3.05, 3.63) is 23.8 Å².